The van der Waals surface area contributed by atoms with E-state index in [1.165, 1.54) is 0 Å². The molecule has 7 aliphatic rings. The molecule has 6 heterocycles. The van der Waals surface area contributed by atoms with Crippen molar-refractivity contribution in [3.8, 4) is 0 Å². The number of rotatable bonds is 7. The van der Waals surface area contributed by atoms with Crippen molar-refractivity contribution >= 4 is 5.97 Å². The second-order valence-corrected chi connectivity index (χ2v) is 19.2. The van der Waals surface area contributed by atoms with Crippen LogP contribution in [0.3, 0.4) is 0 Å². The Labute approximate surface area is 361 Å². The molecular weight excluding hydrogens is 789 g/mol. The average Bonchev–Trinajstić information content (AvgIpc) is 3.56. The van der Waals surface area contributed by atoms with Crippen LogP contribution in [0.1, 0.15) is 100 Å². The van der Waals surface area contributed by atoms with Gasteiger partial charge in [0.1, 0.15) is 42.0 Å². The van der Waals surface area contributed by atoms with Gasteiger partial charge in [-0.15, -0.1) is 0 Å². The number of hydrogen-bond donors (Lipinski definition) is 3. The Morgan fingerprint density at radius 3 is 2.31 bits per heavy atom. The van der Waals surface area contributed by atoms with Gasteiger partial charge in [-0.25, -0.2) is 0 Å². The van der Waals surface area contributed by atoms with E-state index in [9.17, 15) is 20.1 Å². The van der Waals surface area contributed by atoms with Crippen LogP contribution in [-0.4, -0.2) is 139 Å². The largest absolute Gasteiger partial charge is 0.462 e. The third-order valence-corrected chi connectivity index (χ3v) is 14.4. The molecule has 0 aromatic heterocycles. The molecule has 0 aromatic rings. The summed E-state index contributed by atoms with van der Waals surface area (Å²) in [5.74, 6) is -2.15. The Hall–Kier alpha value is -2.05. The van der Waals surface area contributed by atoms with E-state index in [1.54, 1.807) is 40.2 Å². The lowest BCUT2D eigenvalue weighted by atomic mass is 9.71. The zero-order valence-electron chi connectivity index (χ0n) is 37.8. The molecule has 2 unspecified atom stereocenters. The van der Waals surface area contributed by atoms with E-state index < -0.39 is 90.8 Å². The summed E-state index contributed by atoms with van der Waals surface area (Å²) in [6.07, 6.45) is 5.52. The molecule has 0 amide bonds. The summed E-state index contributed by atoms with van der Waals surface area (Å²) in [6.45, 7) is 16.2. The fourth-order valence-corrected chi connectivity index (χ4v) is 10.8. The summed E-state index contributed by atoms with van der Waals surface area (Å²) in [7, 11) is 3.22. The van der Waals surface area contributed by atoms with E-state index in [1.807, 2.05) is 19.1 Å². The van der Waals surface area contributed by atoms with Gasteiger partial charge in [0.05, 0.1) is 49.3 Å². The van der Waals surface area contributed by atoms with Crippen molar-refractivity contribution in [1.29, 1.82) is 0 Å². The number of carbonyl (C=O) groups excluding carboxylic acids is 1. The van der Waals surface area contributed by atoms with Crippen LogP contribution in [0.4, 0.5) is 0 Å². The molecular formula is C47H72O14. The van der Waals surface area contributed by atoms with Crippen LogP contribution in [0, 0.1) is 23.7 Å². The van der Waals surface area contributed by atoms with E-state index in [0.29, 0.717) is 55.6 Å². The first-order valence-corrected chi connectivity index (χ1v) is 22.6. The molecule has 7 rings (SSSR count). The molecule has 6 aliphatic heterocycles. The van der Waals surface area contributed by atoms with Gasteiger partial charge in [-0.2, -0.15) is 0 Å². The number of ether oxygens (including phenoxy) is 10. The Balaban J connectivity index is 1.17. The topological polar surface area (TPSA) is 170 Å². The number of fused-ring (bicyclic) bond motifs is 2. The predicted molar refractivity (Wildman–Crippen MR) is 223 cm³/mol. The average molecular weight is 861 g/mol. The van der Waals surface area contributed by atoms with Crippen LogP contribution >= 0.6 is 0 Å². The molecule has 61 heavy (non-hydrogen) atoms. The Bertz CT molecular complexity index is 1660. The minimum Gasteiger partial charge on any atom is -0.462 e. The summed E-state index contributed by atoms with van der Waals surface area (Å²) >= 11 is 0. The number of allylic oxidation sites excluding steroid dienone is 2. The van der Waals surface area contributed by atoms with E-state index in [2.05, 4.69) is 40.7 Å². The van der Waals surface area contributed by atoms with Gasteiger partial charge in [-0.05, 0) is 69.1 Å². The molecule has 0 aromatic carbocycles. The molecule has 2 bridgehead atoms. The van der Waals surface area contributed by atoms with Crippen molar-refractivity contribution in [3.05, 3.63) is 47.1 Å². The molecule has 14 heteroatoms. The molecule has 5 saturated heterocycles. The van der Waals surface area contributed by atoms with Gasteiger partial charge in [-0.3, -0.25) is 4.79 Å². The van der Waals surface area contributed by atoms with Crippen LogP contribution in [-0.2, 0) is 52.2 Å². The van der Waals surface area contributed by atoms with Gasteiger partial charge < -0.3 is 62.7 Å². The van der Waals surface area contributed by atoms with E-state index in [-0.39, 0.29) is 36.8 Å². The van der Waals surface area contributed by atoms with Crippen molar-refractivity contribution in [2.75, 3.05) is 20.8 Å². The highest BCUT2D eigenvalue weighted by Gasteiger charge is 2.60. The first-order chi connectivity index (χ1) is 29.0. The lowest BCUT2D eigenvalue weighted by Crippen LogP contribution is -2.58. The highest BCUT2D eigenvalue weighted by molar-refractivity contribution is 5.78. The number of carbonyl (C=O) groups is 1. The minimum absolute atomic E-state index is 0.0210. The Morgan fingerprint density at radius 1 is 0.885 bits per heavy atom. The standard InChI is InChI=1S/C47H72O14/c1-24(2)41-27(5)16-17-46(61-41)22-33-19-32(60-46)15-14-26(4)42(25(3)12-11-13-31-23-54-44-39(48)28(6)18-34(45(50)57-33)47(31,44)51)58-38-21-36(53-10)43(30(8)56-38)59-37-20-35(52-9)40(49)29(7)55-37/h11-14,18,24-25,27,29-30,32-44,48-49,51H,15-17,19-23H2,1-10H3/b12-11+,26-14+,31-13?/t25-,27-,29-,30-,32+,33?,34-,35-,36-,37?,38-,39+,40-,41+,42-,43-,44+,46+,47+/m0/s1. The minimum atomic E-state index is -1.82. The highest BCUT2D eigenvalue weighted by atomic mass is 16.7. The molecule has 14 nitrogen and oxygen atoms in total. The third-order valence-electron chi connectivity index (χ3n) is 14.4. The van der Waals surface area contributed by atoms with E-state index in [4.69, 9.17) is 47.4 Å². The molecule has 19 atom stereocenters. The van der Waals surface area contributed by atoms with Crippen LogP contribution in [0.5, 0.6) is 0 Å². The lowest BCUT2D eigenvalue weighted by molar-refractivity contribution is -0.340. The second-order valence-electron chi connectivity index (χ2n) is 19.2. The van der Waals surface area contributed by atoms with Crippen LogP contribution < -0.4 is 0 Å². The first kappa shape index (κ1) is 46.9. The number of aliphatic hydroxyl groups is 3. The van der Waals surface area contributed by atoms with Crippen LogP contribution in [0.2, 0.25) is 0 Å². The lowest BCUT2D eigenvalue weighted by Gasteiger charge is -2.50. The van der Waals surface area contributed by atoms with Crippen LogP contribution in [0.25, 0.3) is 0 Å². The number of esters is 1. The summed E-state index contributed by atoms with van der Waals surface area (Å²) < 4.78 is 63.7. The Morgan fingerprint density at radius 2 is 1.59 bits per heavy atom. The van der Waals surface area contributed by atoms with Crippen molar-refractivity contribution in [3.63, 3.8) is 0 Å². The predicted octanol–water partition coefficient (Wildman–Crippen LogP) is 5.21. The summed E-state index contributed by atoms with van der Waals surface area (Å²) in [4.78, 5) is 14.3. The quantitative estimate of drug-likeness (QED) is 0.225. The van der Waals surface area contributed by atoms with Gasteiger partial charge in [-0.1, -0.05) is 58.1 Å². The molecule has 3 N–H and O–H groups in total. The zero-order chi connectivity index (χ0) is 44.0. The van der Waals surface area contributed by atoms with Crippen molar-refractivity contribution in [2.24, 2.45) is 23.7 Å². The smallest absolute Gasteiger partial charge is 0.316 e. The van der Waals surface area contributed by atoms with E-state index >= 15 is 0 Å². The van der Waals surface area contributed by atoms with Gasteiger partial charge >= 0.3 is 5.97 Å². The maximum atomic E-state index is 14.3. The summed E-state index contributed by atoms with van der Waals surface area (Å²) in [5.41, 5.74) is 0.184. The van der Waals surface area contributed by atoms with Gasteiger partial charge in [0.15, 0.2) is 18.4 Å². The first-order valence-electron chi connectivity index (χ1n) is 22.6. The Kier molecular flexibility index (Phi) is 14.8. The van der Waals surface area contributed by atoms with E-state index in [0.717, 1.165) is 12.0 Å². The maximum absolute atomic E-state index is 14.3. The fraction of sp³-hybridized carbons (Fsp3) is 0.809. The van der Waals surface area contributed by atoms with Gasteiger partial charge in [0.25, 0.3) is 0 Å². The molecule has 1 spiro atoms. The maximum Gasteiger partial charge on any atom is 0.316 e. The third kappa shape index (κ3) is 9.67. The molecule has 0 radical (unpaired) electrons. The monoisotopic (exact) mass is 860 g/mol. The summed E-state index contributed by atoms with van der Waals surface area (Å²) in [5, 5.41) is 34.2. The number of methoxy groups -OCH3 is 2. The highest BCUT2D eigenvalue weighted by Crippen LogP contribution is 2.48. The molecule has 1 aliphatic carbocycles. The molecule has 0 saturated carbocycles. The number of aliphatic hydroxyl groups excluding tert-OH is 2. The zero-order valence-corrected chi connectivity index (χ0v) is 37.8. The molecule has 5 fully saturated rings. The normalized spacial score (nSPS) is 48.7. The number of hydrogen-bond acceptors (Lipinski definition) is 14. The van der Waals surface area contributed by atoms with Gasteiger partial charge in [0, 0.05) is 52.2 Å². The van der Waals surface area contributed by atoms with Crippen molar-refractivity contribution < 1.29 is 67.5 Å². The molecule has 344 valence electrons. The van der Waals surface area contributed by atoms with Crippen molar-refractivity contribution in [2.45, 2.75) is 198 Å². The SMILES string of the molecule is CO[C@H]1CC(O[C@H]2[C@H](C)O[C@@H](O[C@@H]3/C(C)=C/C[C@@H]4CC(C[C@]5(CC[C@H](C)[C@@H](C(C)C)O5)O4)OC(=O)[C@@H]4C=C(C)[C@@H](O)[C@H]5OCC(=C/C=C/[C@@H]3C)[C@]54O)C[C@@H]2OC)O[C@@H](C)[C@@H]1O. The fourth-order valence-electron chi connectivity index (χ4n) is 10.8. The van der Waals surface area contributed by atoms with Crippen LogP contribution in [0.15, 0.2) is 47.1 Å². The second kappa shape index (κ2) is 19.2. The van der Waals surface area contributed by atoms with Crippen molar-refractivity contribution in [1.82, 2.24) is 0 Å². The van der Waals surface area contributed by atoms with Gasteiger partial charge in [0.2, 0.25) is 0 Å². The summed E-state index contributed by atoms with van der Waals surface area (Å²) in [6, 6.07) is 0.